The van der Waals surface area contributed by atoms with Crippen LogP contribution in [-0.4, -0.2) is 58.9 Å². The molecular formula is C22H22ClF3N4O4. The minimum Gasteiger partial charge on any atom is -0.358 e. The van der Waals surface area contributed by atoms with Gasteiger partial charge in [-0.3, -0.25) is 14.4 Å². The summed E-state index contributed by atoms with van der Waals surface area (Å²) >= 11 is 5.69. The number of nitrogens with zero attached hydrogens (tertiary/aromatic N) is 1. The van der Waals surface area contributed by atoms with Crippen LogP contribution in [0.15, 0.2) is 36.5 Å². The van der Waals surface area contributed by atoms with Gasteiger partial charge in [-0.1, -0.05) is 17.7 Å². The van der Waals surface area contributed by atoms with Crippen molar-refractivity contribution in [1.29, 1.82) is 0 Å². The molecule has 1 aromatic carbocycles. The van der Waals surface area contributed by atoms with Crippen LogP contribution >= 0.6 is 11.6 Å². The Labute approximate surface area is 197 Å². The zero-order valence-corrected chi connectivity index (χ0v) is 18.6. The Hall–Kier alpha value is -3.05. The Morgan fingerprint density at radius 1 is 1.21 bits per heavy atom. The van der Waals surface area contributed by atoms with Crippen molar-refractivity contribution in [3.63, 3.8) is 0 Å². The first-order valence-corrected chi connectivity index (χ1v) is 11.0. The monoisotopic (exact) mass is 498 g/mol. The Balaban J connectivity index is 1.25. The van der Waals surface area contributed by atoms with Gasteiger partial charge in [0.05, 0.1) is 29.4 Å². The number of amides is 3. The quantitative estimate of drug-likeness (QED) is 0.569. The molecule has 0 aliphatic carbocycles. The van der Waals surface area contributed by atoms with Gasteiger partial charge in [0.25, 0.3) is 11.8 Å². The van der Waals surface area contributed by atoms with Gasteiger partial charge in [-0.15, -0.1) is 0 Å². The average Bonchev–Trinajstić information content (AvgIpc) is 3.42. The van der Waals surface area contributed by atoms with E-state index in [4.69, 9.17) is 16.3 Å². The Bertz CT molecular complexity index is 1080. The molecular weight excluding hydrogens is 477 g/mol. The van der Waals surface area contributed by atoms with Crippen LogP contribution in [0.4, 0.5) is 18.9 Å². The summed E-state index contributed by atoms with van der Waals surface area (Å²) in [6.45, 7) is 0.740. The summed E-state index contributed by atoms with van der Waals surface area (Å²) < 4.78 is 45.8. The molecule has 3 heterocycles. The maximum atomic E-state index is 13.3. The second-order valence-corrected chi connectivity index (χ2v) is 8.72. The van der Waals surface area contributed by atoms with Crippen molar-refractivity contribution < 1.29 is 32.3 Å². The molecule has 182 valence electrons. The van der Waals surface area contributed by atoms with Gasteiger partial charge in [-0.25, -0.2) is 0 Å². The largest absolute Gasteiger partial charge is 0.419 e. The van der Waals surface area contributed by atoms with E-state index in [-0.39, 0.29) is 37.9 Å². The Morgan fingerprint density at radius 2 is 1.97 bits per heavy atom. The highest BCUT2D eigenvalue weighted by Crippen LogP contribution is 2.41. The number of nitrogens with one attached hydrogen (secondary N) is 3. The van der Waals surface area contributed by atoms with E-state index in [1.54, 1.807) is 23.2 Å². The number of rotatable bonds is 6. The molecule has 3 N–H and O–H groups in total. The van der Waals surface area contributed by atoms with Gasteiger partial charge in [0.1, 0.15) is 17.4 Å². The number of likely N-dealkylation sites (tertiary alicyclic amines) is 1. The van der Waals surface area contributed by atoms with Crippen LogP contribution in [0.1, 0.15) is 35.3 Å². The van der Waals surface area contributed by atoms with E-state index in [1.165, 1.54) is 6.07 Å². The summed E-state index contributed by atoms with van der Waals surface area (Å²) in [5.74, 6) is -1.16. The molecule has 0 saturated carbocycles. The molecule has 1 unspecified atom stereocenters. The molecule has 2 aliphatic rings. The highest BCUT2D eigenvalue weighted by molar-refractivity contribution is 6.32. The first-order valence-electron chi connectivity index (χ1n) is 10.6. The van der Waals surface area contributed by atoms with Crippen molar-refractivity contribution in [3.8, 4) is 0 Å². The van der Waals surface area contributed by atoms with Gasteiger partial charge < -0.3 is 25.3 Å². The lowest BCUT2D eigenvalue weighted by molar-refractivity contribution is -0.167. The molecule has 0 radical (unpaired) electrons. The summed E-state index contributed by atoms with van der Waals surface area (Å²) in [5, 5.41) is 4.42. The van der Waals surface area contributed by atoms with E-state index >= 15 is 0 Å². The van der Waals surface area contributed by atoms with Crippen molar-refractivity contribution in [2.75, 3.05) is 25.0 Å². The SMILES string of the molecule is O=C(NCCC(=O)N1CC2(CCC(C(=O)Nc3cccc(Cl)c3C(F)(F)F)O2)C1)c1ccc[nH]1. The number of carbonyl (C=O) groups is 3. The molecule has 1 atom stereocenters. The molecule has 1 aromatic heterocycles. The van der Waals surface area contributed by atoms with Gasteiger partial charge in [0.2, 0.25) is 5.91 Å². The number of aromatic nitrogens is 1. The van der Waals surface area contributed by atoms with Crippen LogP contribution < -0.4 is 10.6 Å². The van der Waals surface area contributed by atoms with Crippen molar-refractivity contribution >= 4 is 35.0 Å². The zero-order chi connectivity index (χ0) is 24.5. The van der Waals surface area contributed by atoms with Crippen LogP contribution in [-0.2, 0) is 20.5 Å². The van der Waals surface area contributed by atoms with Crippen LogP contribution in [0.3, 0.4) is 0 Å². The third-order valence-electron chi connectivity index (χ3n) is 5.88. The minimum absolute atomic E-state index is 0.113. The lowest BCUT2D eigenvalue weighted by Crippen LogP contribution is -2.63. The van der Waals surface area contributed by atoms with Gasteiger partial charge in [0, 0.05) is 19.2 Å². The molecule has 12 heteroatoms. The fraction of sp³-hybridized carbons (Fsp3) is 0.409. The smallest absolute Gasteiger partial charge is 0.358 e. The lowest BCUT2D eigenvalue weighted by Gasteiger charge is -2.47. The highest BCUT2D eigenvalue weighted by Gasteiger charge is 2.52. The maximum Gasteiger partial charge on any atom is 0.419 e. The van der Waals surface area contributed by atoms with E-state index < -0.39 is 40.1 Å². The van der Waals surface area contributed by atoms with Gasteiger partial charge in [-0.2, -0.15) is 13.2 Å². The van der Waals surface area contributed by atoms with Crippen molar-refractivity contribution in [3.05, 3.63) is 52.8 Å². The second-order valence-electron chi connectivity index (χ2n) is 8.32. The van der Waals surface area contributed by atoms with E-state index in [0.29, 0.717) is 18.5 Å². The summed E-state index contributed by atoms with van der Waals surface area (Å²) in [6.07, 6.45) is -3.10. The molecule has 34 heavy (non-hydrogen) atoms. The number of alkyl halides is 3. The number of halogens is 4. The normalized spacial score (nSPS) is 19.1. The number of hydrogen-bond donors (Lipinski definition) is 3. The molecule has 2 fully saturated rings. The number of H-pyrrole nitrogens is 1. The van der Waals surface area contributed by atoms with E-state index in [2.05, 4.69) is 15.6 Å². The fourth-order valence-corrected chi connectivity index (χ4v) is 4.48. The van der Waals surface area contributed by atoms with Crippen molar-refractivity contribution in [2.24, 2.45) is 0 Å². The number of benzene rings is 1. The third kappa shape index (κ3) is 5.05. The number of carbonyl (C=O) groups excluding carboxylic acids is 3. The molecule has 2 aliphatic heterocycles. The third-order valence-corrected chi connectivity index (χ3v) is 6.19. The summed E-state index contributed by atoms with van der Waals surface area (Å²) in [7, 11) is 0. The first kappa shape index (κ1) is 24.1. The number of aromatic amines is 1. The Morgan fingerprint density at radius 3 is 2.65 bits per heavy atom. The number of hydrogen-bond acceptors (Lipinski definition) is 4. The molecule has 4 rings (SSSR count). The molecule has 1 spiro atoms. The van der Waals surface area contributed by atoms with Gasteiger partial charge in [0.15, 0.2) is 0 Å². The van der Waals surface area contributed by atoms with E-state index in [0.717, 1.165) is 12.1 Å². The zero-order valence-electron chi connectivity index (χ0n) is 17.9. The van der Waals surface area contributed by atoms with Gasteiger partial charge >= 0.3 is 6.18 Å². The maximum absolute atomic E-state index is 13.3. The first-order chi connectivity index (χ1) is 16.1. The predicted molar refractivity (Wildman–Crippen MR) is 116 cm³/mol. The highest BCUT2D eigenvalue weighted by atomic mass is 35.5. The molecule has 2 saturated heterocycles. The van der Waals surface area contributed by atoms with E-state index in [9.17, 15) is 27.6 Å². The summed E-state index contributed by atoms with van der Waals surface area (Å²) in [4.78, 5) is 41.2. The van der Waals surface area contributed by atoms with Crippen LogP contribution in [0.5, 0.6) is 0 Å². The van der Waals surface area contributed by atoms with E-state index in [1.807, 2.05) is 0 Å². The second kappa shape index (κ2) is 9.30. The average molecular weight is 499 g/mol. The molecule has 0 bridgehead atoms. The van der Waals surface area contributed by atoms with Gasteiger partial charge in [-0.05, 0) is 37.1 Å². The van der Waals surface area contributed by atoms with Crippen LogP contribution in [0.2, 0.25) is 5.02 Å². The lowest BCUT2D eigenvalue weighted by atomic mass is 9.90. The Kier molecular flexibility index (Phi) is 6.59. The minimum atomic E-state index is -4.73. The number of anilines is 1. The fourth-order valence-electron chi connectivity index (χ4n) is 4.19. The van der Waals surface area contributed by atoms with Crippen LogP contribution in [0.25, 0.3) is 0 Å². The molecule has 2 aromatic rings. The topological polar surface area (TPSA) is 104 Å². The van der Waals surface area contributed by atoms with Crippen molar-refractivity contribution in [1.82, 2.24) is 15.2 Å². The molecule has 8 nitrogen and oxygen atoms in total. The summed E-state index contributed by atoms with van der Waals surface area (Å²) in [5.41, 5.74) is -1.83. The van der Waals surface area contributed by atoms with Crippen molar-refractivity contribution in [2.45, 2.75) is 37.1 Å². The standard InChI is InChI=1S/C22H22ClF3N4O4/c23-13-3-1-4-14(18(13)22(24,25)26)29-20(33)16-6-8-21(34-16)11-30(12-21)17(31)7-10-28-19(32)15-5-2-9-27-15/h1-5,9,16,27H,6-8,10-12H2,(H,28,32)(H,29,33). The van der Waals surface area contributed by atoms with Crippen LogP contribution in [0, 0.1) is 0 Å². The summed E-state index contributed by atoms with van der Waals surface area (Å²) in [6, 6.07) is 6.87. The predicted octanol–water partition coefficient (Wildman–Crippen LogP) is 3.21. The molecule has 3 amide bonds. The number of ether oxygens (including phenoxy) is 1.